The van der Waals surface area contributed by atoms with Gasteiger partial charge in [-0.15, -0.1) is 0 Å². The summed E-state index contributed by atoms with van der Waals surface area (Å²) >= 11 is 0. The number of imidazole rings is 1. The monoisotopic (exact) mass is 307 g/mol. The summed E-state index contributed by atoms with van der Waals surface area (Å²) in [5.74, 6) is 0.969. The molecule has 0 saturated carbocycles. The smallest absolute Gasteiger partial charge is 0.328 e. The fourth-order valence-electron chi connectivity index (χ4n) is 2.79. The molecule has 0 aromatic carbocycles. The molecule has 0 aliphatic rings. The maximum Gasteiger partial charge on any atom is 0.333 e. The van der Waals surface area contributed by atoms with Crippen LogP contribution >= 0.6 is 0 Å². The molecule has 22 heavy (non-hydrogen) atoms. The maximum atomic E-state index is 12.8. The van der Waals surface area contributed by atoms with Crippen molar-refractivity contribution in [1.29, 1.82) is 0 Å². The topological polar surface area (TPSA) is 87.8 Å². The van der Waals surface area contributed by atoms with Crippen molar-refractivity contribution in [1.82, 2.24) is 18.7 Å². The molecule has 0 amide bonds. The van der Waals surface area contributed by atoms with Crippen LogP contribution in [0.3, 0.4) is 0 Å². The zero-order valence-electron chi connectivity index (χ0n) is 14.0. The molecule has 1 atom stereocenters. The molecule has 2 aromatic heterocycles. The van der Waals surface area contributed by atoms with Crippen LogP contribution in [0, 0.1) is 0 Å². The average molecular weight is 307 g/mol. The normalized spacial score (nSPS) is 13.2. The third-order valence-corrected chi connectivity index (χ3v) is 3.97. The molecule has 122 valence electrons. The fraction of sp³-hybridized carbons (Fsp3) is 0.667. The Balaban J connectivity index is 2.99. The Morgan fingerprint density at radius 1 is 1.23 bits per heavy atom. The maximum absolute atomic E-state index is 12.8. The summed E-state index contributed by atoms with van der Waals surface area (Å²) in [7, 11) is 1.82. The Kier molecular flexibility index (Phi) is 4.55. The number of hydrogen-bond acceptors (Lipinski definition) is 4. The quantitative estimate of drug-likeness (QED) is 0.891. The van der Waals surface area contributed by atoms with Gasteiger partial charge in [0.25, 0.3) is 5.56 Å². The lowest BCUT2D eigenvalue weighted by molar-refractivity contribution is 0.485. The molecule has 2 aromatic rings. The van der Waals surface area contributed by atoms with E-state index in [1.165, 1.54) is 4.57 Å². The lowest BCUT2D eigenvalue weighted by atomic mass is 10.2. The number of rotatable bonds is 5. The van der Waals surface area contributed by atoms with Crippen molar-refractivity contribution in [3.63, 3.8) is 0 Å². The third kappa shape index (κ3) is 2.39. The molecule has 0 radical (unpaired) electrons. The number of hydrogen-bond donors (Lipinski definition) is 1. The average Bonchev–Trinajstić information content (AvgIpc) is 2.81. The Bertz CT molecular complexity index is 797. The molecule has 1 unspecified atom stereocenters. The van der Waals surface area contributed by atoms with Crippen molar-refractivity contribution < 1.29 is 0 Å². The Morgan fingerprint density at radius 3 is 2.36 bits per heavy atom. The van der Waals surface area contributed by atoms with E-state index in [2.05, 4.69) is 4.98 Å². The number of nitrogens with zero attached hydrogens (tertiary/aromatic N) is 4. The first-order valence-corrected chi connectivity index (χ1v) is 7.76. The van der Waals surface area contributed by atoms with E-state index in [4.69, 9.17) is 5.73 Å². The van der Waals surface area contributed by atoms with E-state index in [-0.39, 0.29) is 29.8 Å². The molecule has 2 heterocycles. The Hall–Kier alpha value is -1.89. The van der Waals surface area contributed by atoms with Gasteiger partial charge in [-0.3, -0.25) is 13.9 Å². The van der Waals surface area contributed by atoms with Gasteiger partial charge in [0.1, 0.15) is 5.82 Å². The minimum atomic E-state index is -0.343. The SMILES string of the molecule is CCCn1c(=O)n(C(C)CN)c(=O)c2c1nc(C(C)C)n2C. The van der Waals surface area contributed by atoms with Gasteiger partial charge in [0.15, 0.2) is 11.2 Å². The van der Waals surface area contributed by atoms with Crippen molar-refractivity contribution in [2.24, 2.45) is 12.8 Å². The van der Waals surface area contributed by atoms with Crippen LogP contribution in [0.15, 0.2) is 9.59 Å². The number of nitrogens with two attached hydrogens (primary N) is 1. The molecule has 0 aliphatic carbocycles. The lowest BCUT2D eigenvalue weighted by Gasteiger charge is -2.15. The molecular formula is C15H25N5O2. The van der Waals surface area contributed by atoms with E-state index in [0.717, 1.165) is 12.2 Å². The zero-order valence-corrected chi connectivity index (χ0v) is 14.0. The second-order valence-electron chi connectivity index (χ2n) is 6.05. The van der Waals surface area contributed by atoms with Crippen molar-refractivity contribution in [3.05, 3.63) is 26.7 Å². The zero-order chi connectivity index (χ0) is 16.6. The van der Waals surface area contributed by atoms with E-state index in [1.807, 2.05) is 27.8 Å². The number of aryl methyl sites for hydroxylation is 2. The summed E-state index contributed by atoms with van der Waals surface area (Å²) in [6.07, 6.45) is 0.789. The van der Waals surface area contributed by atoms with Crippen molar-refractivity contribution in [2.45, 2.75) is 52.6 Å². The highest BCUT2D eigenvalue weighted by molar-refractivity contribution is 5.71. The summed E-state index contributed by atoms with van der Waals surface area (Å²) in [5.41, 5.74) is 5.98. The first-order valence-electron chi connectivity index (χ1n) is 7.76. The molecule has 7 nitrogen and oxygen atoms in total. The van der Waals surface area contributed by atoms with Crippen LogP contribution in [-0.4, -0.2) is 25.2 Å². The third-order valence-electron chi connectivity index (χ3n) is 3.97. The summed E-state index contributed by atoms with van der Waals surface area (Å²) < 4.78 is 4.65. The van der Waals surface area contributed by atoms with Crippen LogP contribution in [0.25, 0.3) is 11.2 Å². The minimum Gasteiger partial charge on any atom is -0.328 e. The van der Waals surface area contributed by atoms with Crippen LogP contribution in [0.1, 0.15) is 51.9 Å². The van der Waals surface area contributed by atoms with E-state index in [0.29, 0.717) is 17.7 Å². The molecule has 0 spiro atoms. The summed E-state index contributed by atoms with van der Waals surface area (Å²) in [5, 5.41) is 0. The van der Waals surface area contributed by atoms with Gasteiger partial charge in [0, 0.05) is 26.1 Å². The van der Waals surface area contributed by atoms with Gasteiger partial charge < -0.3 is 10.3 Å². The Labute approximate surface area is 129 Å². The van der Waals surface area contributed by atoms with E-state index >= 15 is 0 Å². The second-order valence-corrected chi connectivity index (χ2v) is 6.05. The van der Waals surface area contributed by atoms with E-state index in [1.54, 1.807) is 16.1 Å². The van der Waals surface area contributed by atoms with Gasteiger partial charge in [-0.1, -0.05) is 20.8 Å². The van der Waals surface area contributed by atoms with E-state index in [9.17, 15) is 9.59 Å². The van der Waals surface area contributed by atoms with Crippen LogP contribution in [-0.2, 0) is 13.6 Å². The summed E-state index contributed by atoms with van der Waals surface area (Å²) in [4.78, 5) is 30.1. The lowest BCUT2D eigenvalue weighted by Crippen LogP contribution is -2.43. The van der Waals surface area contributed by atoms with Crippen molar-refractivity contribution in [2.75, 3.05) is 6.54 Å². The Morgan fingerprint density at radius 2 is 1.86 bits per heavy atom. The van der Waals surface area contributed by atoms with Crippen LogP contribution in [0.4, 0.5) is 0 Å². The molecular weight excluding hydrogens is 282 g/mol. The van der Waals surface area contributed by atoms with Gasteiger partial charge in [0.05, 0.1) is 6.04 Å². The van der Waals surface area contributed by atoms with Crippen LogP contribution < -0.4 is 17.0 Å². The first-order chi connectivity index (χ1) is 10.3. The molecule has 0 saturated heterocycles. The van der Waals surface area contributed by atoms with Crippen LogP contribution in [0.5, 0.6) is 0 Å². The highest BCUT2D eigenvalue weighted by Gasteiger charge is 2.22. The molecule has 2 N–H and O–H groups in total. The minimum absolute atomic E-state index is 0.169. The molecule has 2 rings (SSSR count). The molecule has 0 fully saturated rings. The largest absolute Gasteiger partial charge is 0.333 e. The molecule has 0 aliphatic heterocycles. The molecule has 7 heteroatoms. The van der Waals surface area contributed by atoms with Gasteiger partial charge in [-0.25, -0.2) is 9.78 Å². The second kappa shape index (κ2) is 6.08. The van der Waals surface area contributed by atoms with E-state index < -0.39 is 0 Å². The first kappa shape index (κ1) is 16.5. The highest BCUT2D eigenvalue weighted by Crippen LogP contribution is 2.18. The number of fused-ring (bicyclic) bond motifs is 1. The van der Waals surface area contributed by atoms with Crippen molar-refractivity contribution >= 4 is 11.2 Å². The van der Waals surface area contributed by atoms with Gasteiger partial charge in [-0.2, -0.15) is 0 Å². The van der Waals surface area contributed by atoms with Gasteiger partial charge in [-0.05, 0) is 13.3 Å². The number of aromatic nitrogens is 4. The summed E-state index contributed by atoms with van der Waals surface area (Å²) in [6.45, 7) is 8.58. The van der Waals surface area contributed by atoms with Gasteiger partial charge in [0.2, 0.25) is 0 Å². The molecule has 0 bridgehead atoms. The predicted octanol–water partition coefficient (Wildman–Crippen LogP) is 0.950. The summed E-state index contributed by atoms with van der Waals surface area (Å²) in [6, 6.07) is -0.343. The van der Waals surface area contributed by atoms with Crippen molar-refractivity contribution in [3.8, 4) is 0 Å². The van der Waals surface area contributed by atoms with Crippen LogP contribution in [0.2, 0.25) is 0 Å². The fourth-order valence-corrected chi connectivity index (χ4v) is 2.79. The predicted molar refractivity (Wildman–Crippen MR) is 87.4 cm³/mol. The van der Waals surface area contributed by atoms with Gasteiger partial charge >= 0.3 is 5.69 Å². The highest BCUT2D eigenvalue weighted by atomic mass is 16.2. The standard InChI is InChI=1S/C15H25N5O2/c1-6-7-19-13-11(18(5)12(17-13)9(2)3)14(21)20(15(19)22)10(4)8-16/h9-10H,6-8,16H2,1-5H3.